The summed E-state index contributed by atoms with van der Waals surface area (Å²) in [6.07, 6.45) is 4.10. The van der Waals surface area contributed by atoms with E-state index >= 15 is 0 Å². The molecule has 120 valence electrons. The Hall–Kier alpha value is -1.50. The third-order valence-electron chi connectivity index (χ3n) is 5.54. The van der Waals surface area contributed by atoms with E-state index in [4.69, 9.17) is 0 Å². The molecule has 1 amide bonds. The van der Waals surface area contributed by atoms with Crippen LogP contribution in [0.4, 0.5) is 8.78 Å². The second kappa shape index (κ2) is 4.50. The van der Waals surface area contributed by atoms with E-state index in [2.05, 4.69) is 21.5 Å². The molecule has 2 aliphatic heterocycles. The second-order valence-electron chi connectivity index (χ2n) is 7.02. The van der Waals surface area contributed by atoms with Gasteiger partial charge in [0.15, 0.2) is 0 Å². The third kappa shape index (κ3) is 2.06. The summed E-state index contributed by atoms with van der Waals surface area (Å²) in [4.78, 5) is 20.8. The van der Waals surface area contributed by atoms with Gasteiger partial charge in [0.2, 0.25) is 11.8 Å². The lowest BCUT2D eigenvalue weighted by Crippen LogP contribution is -2.55. The molecule has 4 rings (SSSR count). The fourth-order valence-corrected chi connectivity index (χ4v) is 4.03. The van der Waals surface area contributed by atoms with Crippen molar-refractivity contribution in [3.63, 3.8) is 0 Å². The molecule has 1 aromatic heterocycles. The SMILES string of the molecule is CN1Cc2nccn2CC12CCN(C(=O)C1CC(F)(F)C1)C2. The number of rotatable bonds is 1. The van der Waals surface area contributed by atoms with Crippen molar-refractivity contribution in [2.75, 3.05) is 20.1 Å². The maximum Gasteiger partial charge on any atom is 0.249 e. The van der Waals surface area contributed by atoms with Gasteiger partial charge in [0.1, 0.15) is 5.82 Å². The first-order chi connectivity index (χ1) is 10.4. The number of halogens is 2. The lowest BCUT2D eigenvalue weighted by Gasteiger charge is -2.43. The molecule has 22 heavy (non-hydrogen) atoms. The summed E-state index contributed by atoms with van der Waals surface area (Å²) < 4.78 is 28.1. The molecule has 3 aliphatic rings. The van der Waals surface area contributed by atoms with Crippen LogP contribution in [-0.4, -0.2) is 56.9 Å². The number of carbonyl (C=O) groups excluding carboxylic acids is 1. The number of hydrogen-bond acceptors (Lipinski definition) is 3. The topological polar surface area (TPSA) is 41.4 Å². The lowest BCUT2D eigenvalue weighted by atomic mass is 9.80. The molecule has 2 fully saturated rings. The van der Waals surface area contributed by atoms with Gasteiger partial charge in [-0.15, -0.1) is 0 Å². The number of amides is 1. The molecule has 0 N–H and O–H groups in total. The fraction of sp³-hybridized carbons (Fsp3) is 0.733. The maximum atomic E-state index is 13.0. The number of nitrogens with zero attached hydrogens (tertiary/aromatic N) is 4. The van der Waals surface area contributed by atoms with Gasteiger partial charge in [0, 0.05) is 50.8 Å². The van der Waals surface area contributed by atoms with Crippen molar-refractivity contribution >= 4 is 5.91 Å². The fourth-order valence-electron chi connectivity index (χ4n) is 4.03. The van der Waals surface area contributed by atoms with E-state index in [1.54, 1.807) is 11.1 Å². The van der Waals surface area contributed by atoms with Crippen LogP contribution in [0.5, 0.6) is 0 Å². The molecule has 7 heteroatoms. The molecule has 1 unspecified atom stereocenters. The zero-order valence-electron chi connectivity index (χ0n) is 12.6. The monoisotopic (exact) mass is 310 g/mol. The van der Waals surface area contributed by atoms with Gasteiger partial charge in [-0.1, -0.05) is 0 Å². The zero-order chi connectivity index (χ0) is 15.5. The standard InChI is InChI=1S/C15H20F2N4O/c1-19-8-12-18-3-5-20(12)9-14(19)2-4-21(10-14)13(22)11-6-15(16,17)7-11/h3,5,11H,2,4,6-10H2,1H3. The van der Waals surface area contributed by atoms with Gasteiger partial charge < -0.3 is 9.47 Å². The Morgan fingerprint density at radius 2 is 2.14 bits per heavy atom. The molecule has 3 heterocycles. The third-order valence-corrected chi connectivity index (χ3v) is 5.54. The van der Waals surface area contributed by atoms with Gasteiger partial charge >= 0.3 is 0 Å². The minimum atomic E-state index is -2.63. The number of hydrogen-bond donors (Lipinski definition) is 0. The molecule has 5 nitrogen and oxygen atoms in total. The van der Waals surface area contributed by atoms with Crippen LogP contribution in [-0.2, 0) is 17.9 Å². The predicted octanol–water partition coefficient (Wildman–Crippen LogP) is 1.34. The number of alkyl halides is 2. The van der Waals surface area contributed by atoms with Crippen LogP contribution in [0.2, 0.25) is 0 Å². The van der Waals surface area contributed by atoms with Crippen molar-refractivity contribution in [1.29, 1.82) is 0 Å². The number of fused-ring (bicyclic) bond motifs is 1. The second-order valence-corrected chi connectivity index (χ2v) is 7.02. The Morgan fingerprint density at radius 3 is 2.86 bits per heavy atom. The van der Waals surface area contributed by atoms with E-state index in [1.807, 2.05) is 6.20 Å². The van der Waals surface area contributed by atoms with Crippen molar-refractivity contribution in [3.05, 3.63) is 18.2 Å². The van der Waals surface area contributed by atoms with Crippen LogP contribution in [0.3, 0.4) is 0 Å². The molecule has 0 bridgehead atoms. The highest BCUT2D eigenvalue weighted by Gasteiger charge is 2.52. The van der Waals surface area contributed by atoms with E-state index < -0.39 is 11.8 Å². The van der Waals surface area contributed by atoms with Crippen molar-refractivity contribution in [2.24, 2.45) is 5.92 Å². The zero-order valence-corrected chi connectivity index (χ0v) is 12.6. The summed E-state index contributed by atoms with van der Waals surface area (Å²) >= 11 is 0. The van der Waals surface area contributed by atoms with Crippen LogP contribution in [0.1, 0.15) is 25.1 Å². The Labute approximate surface area is 127 Å². The minimum Gasteiger partial charge on any atom is -0.340 e. The van der Waals surface area contributed by atoms with Crippen molar-refractivity contribution in [1.82, 2.24) is 19.4 Å². The quantitative estimate of drug-likeness (QED) is 0.786. The van der Waals surface area contributed by atoms with Gasteiger partial charge in [-0.2, -0.15) is 0 Å². The van der Waals surface area contributed by atoms with Crippen LogP contribution >= 0.6 is 0 Å². The van der Waals surface area contributed by atoms with E-state index in [-0.39, 0.29) is 24.3 Å². The summed E-state index contributed by atoms with van der Waals surface area (Å²) in [6.45, 7) is 2.86. The molecule has 1 aliphatic carbocycles. The number of imidazole rings is 1. The summed E-state index contributed by atoms with van der Waals surface area (Å²) in [7, 11) is 2.06. The van der Waals surface area contributed by atoms with Crippen LogP contribution in [0.25, 0.3) is 0 Å². The summed E-state index contributed by atoms with van der Waals surface area (Å²) in [5, 5.41) is 0. The van der Waals surface area contributed by atoms with E-state index in [0.717, 1.165) is 25.3 Å². The largest absolute Gasteiger partial charge is 0.340 e. The van der Waals surface area contributed by atoms with E-state index in [1.165, 1.54) is 0 Å². The average Bonchev–Trinajstić information content (AvgIpc) is 3.04. The Balaban J connectivity index is 1.47. The highest BCUT2D eigenvalue weighted by atomic mass is 19.3. The average molecular weight is 310 g/mol. The highest BCUT2D eigenvalue weighted by Crippen LogP contribution is 2.44. The van der Waals surface area contributed by atoms with Crippen molar-refractivity contribution in [3.8, 4) is 0 Å². The van der Waals surface area contributed by atoms with E-state index in [0.29, 0.717) is 13.1 Å². The Kier molecular flexibility index (Phi) is 2.89. The van der Waals surface area contributed by atoms with Gasteiger partial charge in [-0.25, -0.2) is 13.8 Å². The number of aromatic nitrogens is 2. The lowest BCUT2D eigenvalue weighted by molar-refractivity contribution is -0.159. The number of carbonyl (C=O) groups is 1. The van der Waals surface area contributed by atoms with Crippen LogP contribution in [0, 0.1) is 5.92 Å². The van der Waals surface area contributed by atoms with Gasteiger partial charge in [0.05, 0.1) is 12.1 Å². The van der Waals surface area contributed by atoms with Gasteiger partial charge in [-0.3, -0.25) is 9.69 Å². The molecule has 0 aromatic carbocycles. The molecular weight excluding hydrogens is 290 g/mol. The van der Waals surface area contributed by atoms with E-state index in [9.17, 15) is 13.6 Å². The molecule has 1 aromatic rings. The summed E-state index contributed by atoms with van der Waals surface area (Å²) in [5.41, 5.74) is -0.0877. The van der Waals surface area contributed by atoms with Crippen molar-refractivity contribution < 1.29 is 13.6 Å². The molecular formula is C15H20F2N4O. The number of likely N-dealkylation sites (tertiary alicyclic amines) is 1. The van der Waals surface area contributed by atoms with Gasteiger partial charge in [0.25, 0.3) is 0 Å². The van der Waals surface area contributed by atoms with Crippen LogP contribution < -0.4 is 0 Å². The predicted molar refractivity (Wildman–Crippen MR) is 75.3 cm³/mol. The first-order valence-corrected chi connectivity index (χ1v) is 7.76. The number of likely N-dealkylation sites (N-methyl/N-ethyl adjacent to an activating group) is 1. The molecule has 1 atom stereocenters. The molecule has 1 saturated carbocycles. The minimum absolute atomic E-state index is 0.0877. The Bertz CT molecular complexity index is 608. The molecule has 1 spiro atoms. The highest BCUT2D eigenvalue weighted by molar-refractivity contribution is 5.80. The summed E-state index contributed by atoms with van der Waals surface area (Å²) in [6, 6.07) is 0. The van der Waals surface area contributed by atoms with Crippen molar-refractivity contribution in [2.45, 2.75) is 43.8 Å². The maximum absolute atomic E-state index is 13.0. The van der Waals surface area contributed by atoms with Crippen LogP contribution in [0.15, 0.2) is 12.4 Å². The van der Waals surface area contributed by atoms with Gasteiger partial charge in [-0.05, 0) is 13.5 Å². The Morgan fingerprint density at radius 1 is 1.36 bits per heavy atom. The first kappa shape index (κ1) is 14.1. The first-order valence-electron chi connectivity index (χ1n) is 7.76. The summed E-state index contributed by atoms with van der Waals surface area (Å²) in [5.74, 6) is -2.17. The normalized spacial score (nSPS) is 31.3. The molecule has 1 saturated heterocycles. The molecule has 0 radical (unpaired) electrons. The smallest absolute Gasteiger partial charge is 0.249 e.